The molecule has 1 atom stereocenters. The summed E-state index contributed by atoms with van der Waals surface area (Å²) in [4.78, 5) is 8.53. The SMILES string of the molecule is Cc1cnc(C(Cc2cc(Cl)ccc2Cl)NN)cn1. The smallest absolute Gasteiger partial charge is 0.0773 e. The number of nitrogens with two attached hydrogens (primary N) is 1. The normalized spacial score (nSPS) is 12.4. The molecule has 0 bridgehead atoms. The lowest BCUT2D eigenvalue weighted by atomic mass is 10.0. The minimum absolute atomic E-state index is 0.163. The average molecular weight is 297 g/mol. The quantitative estimate of drug-likeness (QED) is 0.673. The maximum Gasteiger partial charge on any atom is 0.0773 e. The molecule has 3 N–H and O–H groups in total. The lowest BCUT2D eigenvalue weighted by Crippen LogP contribution is -2.30. The Labute approximate surface area is 121 Å². The molecule has 0 aliphatic rings. The van der Waals surface area contributed by atoms with Crippen LogP contribution in [-0.4, -0.2) is 9.97 Å². The molecule has 0 spiro atoms. The van der Waals surface area contributed by atoms with E-state index in [0.717, 1.165) is 17.0 Å². The summed E-state index contributed by atoms with van der Waals surface area (Å²) >= 11 is 12.1. The van der Waals surface area contributed by atoms with Crippen LogP contribution in [0.3, 0.4) is 0 Å². The van der Waals surface area contributed by atoms with E-state index in [9.17, 15) is 0 Å². The maximum atomic E-state index is 6.15. The fraction of sp³-hybridized carbons (Fsp3) is 0.231. The van der Waals surface area contributed by atoms with Crippen LogP contribution in [0.1, 0.15) is 23.0 Å². The predicted octanol–water partition coefficient (Wildman–Crippen LogP) is 2.84. The molecule has 0 aliphatic carbocycles. The van der Waals surface area contributed by atoms with Gasteiger partial charge in [0.2, 0.25) is 0 Å². The second-order valence-corrected chi connectivity index (χ2v) is 5.09. The Morgan fingerprint density at radius 3 is 2.68 bits per heavy atom. The van der Waals surface area contributed by atoms with Crippen molar-refractivity contribution in [2.75, 3.05) is 0 Å². The van der Waals surface area contributed by atoms with E-state index in [2.05, 4.69) is 15.4 Å². The summed E-state index contributed by atoms with van der Waals surface area (Å²) < 4.78 is 0. The first-order valence-corrected chi connectivity index (χ1v) is 6.54. The van der Waals surface area contributed by atoms with Crippen molar-refractivity contribution in [3.63, 3.8) is 0 Å². The molecule has 2 rings (SSSR count). The molecular weight excluding hydrogens is 283 g/mol. The van der Waals surface area contributed by atoms with Crippen molar-refractivity contribution in [3.05, 3.63) is 57.6 Å². The van der Waals surface area contributed by atoms with Gasteiger partial charge in [0, 0.05) is 16.2 Å². The van der Waals surface area contributed by atoms with Gasteiger partial charge in [-0.05, 0) is 37.1 Å². The van der Waals surface area contributed by atoms with Crippen LogP contribution in [0.15, 0.2) is 30.6 Å². The fourth-order valence-corrected chi connectivity index (χ4v) is 2.14. The molecule has 0 fully saturated rings. The molecule has 19 heavy (non-hydrogen) atoms. The molecule has 1 aromatic heterocycles. The van der Waals surface area contributed by atoms with E-state index in [-0.39, 0.29) is 6.04 Å². The van der Waals surface area contributed by atoms with Crippen molar-refractivity contribution in [2.45, 2.75) is 19.4 Å². The van der Waals surface area contributed by atoms with E-state index in [1.165, 1.54) is 0 Å². The highest BCUT2D eigenvalue weighted by Crippen LogP contribution is 2.25. The Morgan fingerprint density at radius 2 is 2.05 bits per heavy atom. The van der Waals surface area contributed by atoms with Crippen molar-refractivity contribution in [3.8, 4) is 0 Å². The summed E-state index contributed by atoms with van der Waals surface area (Å²) in [5.41, 5.74) is 5.27. The molecule has 2 aromatic rings. The number of hydrogen-bond donors (Lipinski definition) is 2. The summed E-state index contributed by atoms with van der Waals surface area (Å²) in [6, 6.07) is 5.19. The fourth-order valence-electron chi connectivity index (χ4n) is 1.75. The largest absolute Gasteiger partial charge is 0.271 e. The number of halogens is 2. The molecule has 4 nitrogen and oxygen atoms in total. The summed E-state index contributed by atoms with van der Waals surface area (Å²) in [6.45, 7) is 1.88. The van der Waals surface area contributed by atoms with Crippen LogP contribution >= 0.6 is 23.2 Å². The molecular formula is C13H14Cl2N4. The van der Waals surface area contributed by atoms with Gasteiger partial charge in [0.1, 0.15) is 0 Å². The van der Waals surface area contributed by atoms with Crippen LogP contribution in [0.5, 0.6) is 0 Å². The molecule has 1 unspecified atom stereocenters. The zero-order chi connectivity index (χ0) is 13.8. The number of aromatic nitrogens is 2. The summed E-state index contributed by atoms with van der Waals surface area (Å²) in [7, 11) is 0. The summed E-state index contributed by atoms with van der Waals surface area (Å²) in [6.07, 6.45) is 4.01. The van der Waals surface area contributed by atoms with Crippen molar-refractivity contribution < 1.29 is 0 Å². The van der Waals surface area contributed by atoms with Crippen LogP contribution in [0.25, 0.3) is 0 Å². The van der Waals surface area contributed by atoms with Gasteiger partial charge in [-0.3, -0.25) is 21.2 Å². The van der Waals surface area contributed by atoms with Crippen LogP contribution in [0, 0.1) is 6.92 Å². The second kappa shape index (κ2) is 6.30. The number of rotatable bonds is 4. The van der Waals surface area contributed by atoms with E-state index in [1.807, 2.05) is 13.0 Å². The summed E-state index contributed by atoms with van der Waals surface area (Å²) in [5, 5.41) is 1.30. The molecule has 6 heteroatoms. The number of benzene rings is 1. The number of aryl methyl sites for hydroxylation is 1. The third-order valence-electron chi connectivity index (χ3n) is 2.79. The van der Waals surface area contributed by atoms with E-state index in [1.54, 1.807) is 24.5 Å². The Morgan fingerprint density at radius 1 is 1.26 bits per heavy atom. The third kappa shape index (κ3) is 3.64. The van der Waals surface area contributed by atoms with E-state index >= 15 is 0 Å². The molecule has 0 saturated heterocycles. The van der Waals surface area contributed by atoms with Crippen LogP contribution in [-0.2, 0) is 6.42 Å². The number of nitrogens with zero attached hydrogens (tertiary/aromatic N) is 2. The van der Waals surface area contributed by atoms with Gasteiger partial charge in [-0.25, -0.2) is 0 Å². The van der Waals surface area contributed by atoms with Gasteiger partial charge in [0.25, 0.3) is 0 Å². The highest BCUT2D eigenvalue weighted by molar-refractivity contribution is 6.33. The lowest BCUT2D eigenvalue weighted by molar-refractivity contribution is 0.536. The number of nitrogens with one attached hydrogen (secondary N) is 1. The predicted molar refractivity (Wildman–Crippen MR) is 77.0 cm³/mol. The average Bonchev–Trinajstić information content (AvgIpc) is 2.41. The molecule has 0 amide bonds. The monoisotopic (exact) mass is 296 g/mol. The van der Waals surface area contributed by atoms with Gasteiger partial charge in [-0.2, -0.15) is 0 Å². The first-order valence-electron chi connectivity index (χ1n) is 5.78. The Hall–Kier alpha value is -1.20. The zero-order valence-corrected chi connectivity index (χ0v) is 11.9. The highest BCUT2D eigenvalue weighted by Gasteiger charge is 2.14. The highest BCUT2D eigenvalue weighted by atomic mass is 35.5. The molecule has 1 heterocycles. The Bertz CT molecular complexity index is 557. The topological polar surface area (TPSA) is 63.8 Å². The van der Waals surface area contributed by atoms with Crippen molar-refractivity contribution in [2.24, 2.45) is 5.84 Å². The van der Waals surface area contributed by atoms with Gasteiger partial charge in [-0.15, -0.1) is 0 Å². The van der Waals surface area contributed by atoms with Gasteiger partial charge in [0.15, 0.2) is 0 Å². The first kappa shape index (κ1) is 14.2. The van der Waals surface area contributed by atoms with E-state index in [4.69, 9.17) is 29.0 Å². The molecule has 0 radical (unpaired) electrons. The lowest BCUT2D eigenvalue weighted by Gasteiger charge is -2.16. The number of hydrogen-bond acceptors (Lipinski definition) is 4. The zero-order valence-electron chi connectivity index (χ0n) is 10.4. The molecule has 100 valence electrons. The van der Waals surface area contributed by atoms with Gasteiger partial charge < -0.3 is 0 Å². The molecule has 1 aromatic carbocycles. The van der Waals surface area contributed by atoms with Crippen molar-refractivity contribution >= 4 is 23.2 Å². The van der Waals surface area contributed by atoms with Crippen LogP contribution in [0.2, 0.25) is 10.0 Å². The van der Waals surface area contributed by atoms with Crippen molar-refractivity contribution in [1.29, 1.82) is 0 Å². The molecule has 0 saturated carbocycles. The third-order valence-corrected chi connectivity index (χ3v) is 3.39. The van der Waals surface area contributed by atoms with Crippen LogP contribution in [0.4, 0.5) is 0 Å². The Balaban J connectivity index is 2.23. The second-order valence-electron chi connectivity index (χ2n) is 4.24. The molecule has 0 aliphatic heterocycles. The standard InChI is InChI=1S/C13H14Cl2N4/c1-8-6-18-13(7-17-8)12(19-16)5-9-4-10(14)2-3-11(9)15/h2-4,6-7,12,19H,5,16H2,1H3. The maximum absolute atomic E-state index is 6.15. The van der Waals surface area contributed by atoms with E-state index < -0.39 is 0 Å². The first-order chi connectivity index (χ1) is 9.10. The van der Waals surface area contributed by atoms with Gasteiger partial charge in [-0.1, -0.05) is 23.2 Å². The minimum atomic E-state index is -0.163. The van der Waals surface area contributed by atoms with E-state index in [0.29, 0.717) is 16.5 Å². The minimum Gasteiger partial charge on any atom is -0.271 e. The van der Waals surface area contributed by atoms with Gasteiger partial charge >= 0.3 is 0 Å². The summed E-state index contributed by atoms with van der Waals surface area (Å²) in [5.74, 6) is 5.58. The van der Waals surface area contributed by atoms with Crippen LogP contribution < -0.4 is 11.3 Å². The Kier molecular flexibility index (Phi) is 4.71. The number of hydrazine groups is 1. The van der Waals surface area contributed by atoms with Gasteiger partial charge in [0.05, 0.1) is 23.6 Å². The van der Waals surface area contributed by atoms with Crippen molar-refractivity contribution in [1.82, 2.24) is 15.4 Å².